The van der Waals surface area contributed by atoms with E-state index in [9.17, 15) is 4.79 Å². The highest BCUT2D eigenvalue weighted by Gasteiger charge is 2.51. The Morgan fingerprint density at radius 3 is 2.36 bits per heavy atom. The summed E-state index contributed by atoms with van der Waals surface area (Å²) in [6.45, 7) is 16.1. The van der Waals surface area contributed by atoms with Crippen LogP contribution in [0.3, 0.4) is 0 Å². The average molecular weight is 311 g/mol. The Morgan fingerprint density at radius 1 is 1.41 bits per heavy atom. The van der Waals surface area contributed by atoms with Gasteiger partial charge in [0.2, 0.25) is 0 Å². The Bertz CT molecular complexity index is 432. The molecule has 0 aromatic carbocycles. The number of hydrogen-bond acceptors (Lipinski definition) is 4. The molecule has 2 atom stereocenters. The fourth-order valence-corrected chi connectivity index (χ4v) is 3.18. The van der Waals surface area contributed by atoms with Gasteiger partial charge >= 0.3 is 0 Å². The summed E-state index contributed by atoms with van der Waals surface area (Å²) in [5.74, 6) is 0.522. The van der Waals surface area contributed by atoms with Crippen LogP contribution in [0.1, 0.15) is 54.4 Å². The summed E-state index contributed by atoms with van der Waals surface area (Å²) in [5.41, 5.74) is 5.07. The molecule has 128 valence electrons. The van der Waals surface area contributed by atoms with Gasteiger partial charge in [0.25, 0.3) is 5.91 Å². The van der Waals surface area contributed by atoms with Gasteiger partial charge in [0.15, 0.2) is 11.5 Å². The van der Waals surface area contributed by atoms with Gasteiger partial charge in [-0.2, -0.15) is 0 Å². The second-order valence-electron chi connectivity index (χ2n) is 7.61. The van der Waals surface area contributed by atoms with E-state index >= 15 is 0 Å². The average Bonchev–Trinajstić information content (AvgIpc) is 2.72. The van der Waals surface area contributed by atoms with Crippen molar-refractivity contribution in [2.45, 2.75) is 71.6 Å². The van der Waals surface area contributed by atoms with Crippen molar-refractivity contribution in [1.82, 2.24) is 10.2 Å². The predicted octanol–water partition coefficient (Wildman–Crippen LogP) is 2.43. The summed E-state index contributed by atoms with van der Waals surface area (Å²) in [6, 6.07) is 0.210. The molecule has 1 aliphatic rings. The smallest absolute Gasteiger partial charge is 0.264 e. The highest BCUT2D eigenvalue weighted by molar-refractivity contribution is 5.87. The van der Waals surface area contributed by atoms with Crippen molar-refractivity contribution in [1.29, 1.82) is 0 Å². The Hall–Kier alpha value is -1.23. The standard InChI is InChI=1S/C17H33N3O2/c1-11(2)14-9-10-16(6,7)20(14)15(21)17(18,12(3)4)19-13(5)22-8/h11-12,14,19H,5,9-10,18H2,1-4,6-8H3/t14?,17-/m0/s1. The molecule has 0 saturated carbocycles. The van der Waals surface area contributed by atoms with Gasteiger partial charge < -0.3 is 20.7 Å². The van der Waals surface area contributed by atoms with E-state index in [0.717, 1.165) is 12.8 Å². The van der Waals surface area contributed by atoms with Crippen LogP contribution in [0.2, 0.25) is 0 Å². The fourth-order valence-electron chi connectivity index (χ4n) is 3.18. The van der Waals surface area contributed by atoms with Crippen molar-refractivity contribution in [2.75, 3.05) is 7.11 Å². The van der Waals surface area contributed by atoms with Gasteiger partial charge in [-0.3, -0.25) is 4.79 Å². The van der Waals surface area contributed by atoms with Gasteiger partial charge in [0.05, 0.1) is 7.11 Å². The minimum atomic E-state index is -1.22. The number of methoxy groups -OCH3 is 1. The highest BCUT2D eigenvalue weighted by atomic mass is 16.5. The Balaban J connectivity index is 3.19. The SMILES string of the molecule is C=C(N[C@](N)(C(=O)N1C(C(C)C)CCC1(C)C)C(C)C)OC. The largest absolute Gasteiger partial charge is 0.483 e. The molecule has 1 fully saturated rings. The summed E-state index contributed by atoms with van der Waals surface area (Å²) in [4.78, 5) is 15.3. The van der Waals surface area contributed by atoms with Crippen LogP contribution in [0.4, 0.5) is 0 Å². The number of likely N-dealkylation sites (tertiary alicyclic amines) is 1. The number of nitrogens with two attached hydrogens (primary N) is 1. The lowest BCUT2D eigenvalue weighted by atomic mass is 9.92. The second kappa shape index (κ2) is 6.49. The third kappa shape index (κ3) is 3.40. The zero-order valence-corrected chi connectivity index (χ0v) is 15.2. The fraction of sp³-hybridized carbons (Fsp3) is 0.824. The monoisotopic (exact) mass is 311 g/mol. The third-order valence-corrected chi connectivity index (χ3v) is 4.88. The number of hydrogen-bond donors (Lipinski definition) is 2. The van der Waals surface area contributed by atoms with Crippen molar-refractivity contribution in [3.8, 4) is 0 Å². The quantitative estimate of drug-likeness (QED) is 0.584. The molecule has 1 unspecified atom stereocenters. The van der Waals surface area contributed by atoms with Crippen LogP contribution in [0, 0.1) is 11.8 Å². The number of ether oxygens (including phenoxy) is 1. The molecule has 5 nitrogen and oxygen atoms in total. The normalized spacial score (nSPS) is 23.5. The van der Waals surface area contributed by atoms with Crippen LogP contribution in [0.5, 0.6) is 0 Å². The molecule has 1 amide bonds. The number of nitrogens with zero attached hydrogens (tertiary/aromatic N) is 1. The van der Waals surface area contributed by atoms with Crippen LogP contribution < -0.4 is 11.1 Å². The van der Waals surface area contributed by atoms with E-state index in [-0.39, 0.29) is 23.4 Å². The lowest BCUT2D eigenvalue weighted by Crippen LogP contribution is -2.69. The molecule has 5 heteroatoms. The van der Waals surface area contributed by atoms with Crippen molar-refractivity contribution >= 4 is 5.91 Å². The lowest BCUT2D eigenvalue weighted by Gasteiger charge is -2.45. The summed E-state index contributed by atoms with van der Waals surface area (Å²) >= 11 is 0. The second-order valence-corrected chi connectivity index (χ2v) is 7.61. The maximum atomic E-state index is 13.3. The summed E-state index contributed by atoms with van der Waals surface area (Å²) in [7, 11) is 1.51. The first-order valence-corrected chi connectivity index (χ1v) is 8.11. The van der Waals surface area contributed by atoms with Gasteiger partial charge in [-0.1, -0.05) is 27.7 Å². The molecular weight excluding hydrogens is 278 g/mol. The van der Waals surface area contributed by atoms with Gasteiger partial charge in [-0.05, 0) is 45.1 Å². The van der Waals surface area contributed by atoms with Gasteiger partial charge in [-0.15, -0.1) is 0 Å². The van der Waals surface area contributed by atoms with Gasteiger partial charge in [0.1, 0.15) is 0 Å². The maximum Gasteiger partial charge on any atom is 0.264 e. The Kier molecular flexibility index (Phi) is 5.55. The molecule has 0 aliphatic carbocycles. The minimum absolute atomic E-state index is 0.0816. The third-order valence-electron chi connectivity index (χ3n) is 4.88. The molecule has 22 heavy (non-hydrogen) atoms. The van der Waals surface area contributed by atoms with E-state index < -0.39 is 5.66 Å². The molecule has 3 N–H and O–H groups in total. The molecule has 0 spiro atoms. The first-order chi connectivity index (χ1) is 9.97. The Labute approximate surface area is 135 Å². The maximum absolute atomic E-state index is 13.3. The van der Waals surface area contributed by atoms with Crippen molar-refractivity contribution in [3.05, 3.63) is 12.5 Å². The number of carbonyl (C=O) groups excluding carboxylic acids is 1. The lowest BCUT2D eigenvalue weighted by molar-refractivity contribution is -0.147. The molecule has 1 heterocycles. The van der Waals surface area contributed by atoms with E-state index in [1.54, 1.807) is 0 Å². The van der Waals surface area contributed by atoms with Gasteiger partial charge in [0, 0.05) is 11.6 Å². The zero-order valence-electron chi connectivity index (χ0n) is 15.2. The summed E-state index contributed by atoms with van der Waals surface area (Å²) in [6.07, 6.45) is 2.00. The first-order valence-electron chi connectivity index (χ1n) is 8.11. The molecular formula is C17H33N3O2. The van der Waals surface area contributed by atoms with Gasteiger partial charge in [-0.25, -0.2) is 0 Å². The van der Waals surface area contributed by atoms with Crippen LogP contribution in [0.25, 0.3) is 0 Å². The van der Waals surface area contributed by atoms with Crippen molar-refractivity contribution in [3.63, 3.8) is 0 Å². The van der Waals surface area contributed by atoms with E-state index in [1.807, 2.05) is 18.7 Å². The molecule has 0 radical (unpaired) electrons. The molecule has 0 bridgehead atoms. The van der Waals surface area contributed by atoms with Crippen LogP contribution in [-0.4, -0.2) is 35.2 Å². The first kappa shape index (κ1) is 18.8. The number of nitrogens with one attached hydrogen (secondary N) is 1. The summed E-state index contributed by atoms with van der Waals surface area (Å²) < 4.78 is 5.08. The van der Waals surface area contributed by atoms with E-state index in [4.69, 9.17) is 10.5 Å². The number of rotatable bonds is 6. The minimum Gasteiger partial charge on any atom is -0.483 e. The molecule has 1 rings (SSSR count). The topological polar surface area (TPSA) is 67.6 Å². The molecule has 0 aromatic heterocycles. The van der Waals surface area contributed by atoms with Crippen molar-refractivity contribution < 1.29 is 9.53 Å². The van der Waals surface area contributed by atoms with Crippen molar-refractivity contribution in [2.24, 2.45) is 17.6 Å². The van der Waals surface area contributed by atoms with E-state index in [1.165, 1.54) is 7.11 Å². The van der Waals surface area contributed by atoms with E-state index in [2.05, 4.69) is 39.6 Å². The number of amides is 1. The summed E-state index contributed by atoms with van der Waals surface area (Å²) in [5, 5.41) is 2.99. The molecule has 0 aromatic rings. The zero-order chi connectivity index (χ0) is 17.3. The Morgan fingerprint density at radius 2 is 1.95 bits per heavy atom. The van der Waals surface area contributed by atoms with Crippen LogP contribution >= 0.6 is 0 Å². The predicted molar refractivity (Wildman–Crippen MR) is 89.8 cm³/mol. The number of carbonyl (C=O) groups is 1. The molecule has 1 saturated heterocycles. The van der Waals surface area contributed by atoms with Crippen LogP contribution in [-0.2, 0) is 9.53 Å². The van der Waals surface area contributed by atoms with Crippen LogP contribution in [0.15, 0.2) is 12.5 Å². The highest BCUT2D eigenvalue weighted by Crippen LogP contribution is 2.38. The van der Waals surface area contributed by atoms with E-state index in [0.29, 0.717) is 11.8 Å². The molecule has 1 aliphatic heterocycles.